The summed E-state index contributed by atoms with van der Waals surface area (Å²) < 4.78 is 5.53. The standard InChI is InChI=1S/C13H18O2/c1-2-9-7-12(15-13(9)14)11-6-8-3-4-10(11)5-8/h3-4,8-12H,2,5-7H2,1H3. The SMILES string of the molecule is CCC1CC(C2CC3C=CC2C3)OC1=O. The van der Waals surface area contributed by atoms with E-state index in [1.807, 2.05) is 0 Å². The highest BCUT2D eigenvalue weighted by atomic mass is 16.6. The number of rotatable bonds is 2. The highest BCUT2D eigenvalue weighted by Crippen LogP contribution is 2.48. The summed E-state index contributed by atoms with van der Waals surface area (Å²) in [5.74, 6) is 2.33. The average molecular weight is 206 g/mol. The molecule has 2 aliphatic carbocycles. The summed E-state index contributed by atoms with van der Waals surface area (Å²) in [5, 5.41) is 0. The number of carbonyl (C=O) groups is 1. The molecule has 0 aromatic carbocycles. The molecular weight excluding hydrogens is 188 g/mol. The van der Waals surface area contributed by atoms with Crippen LogP contribution in [0.15, 0.2) is 12.2 Å². The van der Waals surface area contributed by atoms with Gasteiger partial charge in [0.05, 0.1) is 5.92 Å². The molecule has 0 aromatic heterocycles. The maximum Gasteiger partial charge on any atom is 0.309 e. The minimum absolute atomic E-state index is 0.0502. The molecule has 0 N–H and O–H groups in total. The van der Waals surface area contributed by atoms with Gasteiger partial charge in [-0.3, -0.25) is 4.79 Å². The van der Waals surface area contributed by atoms with E-state index in [1.165, 1.54) is 12.8 Å². The molecule has 1 saturated carbocycles. The molecule has 15 heavy (non-hydrogen) atoms. The van der Waals surface area contributed by atoms with Crippen LogP contribution in [-0.2, 0) is 9.53 Å². The quantitative estimate of drug-likeness (QED) is 0.512. The lowest BCUT2D eigenvalue weighted by Crippen LogP contribution is -2.23. The number of fused-ring (bicyclic) bond motifs is 2. The largest absolute Gasteiger partial charge is 0.462 e. The zero-order valence-corrected chi connectivity index (χ0v) is 9.19. The number of cyclic esters (lactones) is 1. The molecule has 3 rings (SSSR count). The minimum Gasteiger partial charge on any atom is -0.462 e. The summed E-state index contributed by atoms with van der Waals surface area (Å²) in [4.78, 5) is 11.5. The predicted octanol–water partition coefficient (Wildman–Crippen LogP) is 2.54. The van der Waals surface area contributed by atoms with E-state index in [1.54, 1.807) is 0 Å². The Bertz CT molecular complexity index is 308. The summed E-state index contributed by atoms with van der Waals surface area (Å²) in [6, 6.07) is 0. The Kier molecular flexibility index (Phi) is 2.11. The van der Waals surface area contributed by atoms with Crippen molar-refractivity contribution in [1.29, 1.82) is 0 Å². The van der Waals surface area contributed by atoms with Crippen LogP contribution in [0.2, 0.25) is 0 Å². The zero-order valence-electron chi connectivity index (χ0n) is 9.19. The average Bonchev–Trinajstić information content (AvgIpc) is 2.90. The molecule has 1 saturated heterocycles. The Morgan fingerprint density at radius 1 is 1.33 bits per heavy atom. The second-order valence-electron chi connectivity index (χ2n) is 5.26. The second-order valence-corrected chi connectivity index (χ2v) is 5.26. The highest BCUT2D eigenvalue weighted by Gasteiger charge is 2.45. The van der Waals surface area contributed by atoms with Crippen molar-refractivity contribution in [3.05, 3.63) is 12.2 Å². The van der Waals surface area contributed by atoms with Gasteiger partial charge < -0.3 is 4.74 Å². The van der Waals surface area contributed by atoms with Crippen molar-refractivity contribution in [2.24, 2.45) is 23.7 Å². The Morgan fingerprint density at radius 2 is 2.20 bits per heavy atom. The van der Waals surface area contributed by atoms with Crippen LogP contribution in [0.25, 0.3) is 0 Å². The first kappa shape index (κ1) is 9.44. The lowest BCUT2D eigenvalue weighted by atomic mass is 9.85. The highest BCUT2D eigenvalue weighted by molar-refractivity contribution is 5.74. The van der Waals surface area contributed by atoms with E-state index in [9.17, 15) is 4.79 Å². The predicted molar refractivity (Wildman–Crippen MR) is 57.1 cm³/mol. The molecule has 5 atom stereocenters. The first-order valence-electron chi connectivity index (χ1n) is 6.16. The molecule has 2 fully saturated rings. The van der Waals surface area contributed by atoms with Gasteiger partial charge in [-0.25, -0.2) is 0 Å². The van der Waals surface area contributed by atoms with Crippen molar-refractivity contribution in [3.63, 3.8) is 0 Å². The zero-order chi connectivity index (χ0) is 10.4. The van der Waals surface area contributed by atoms with Crippen LogP contribution in [0, 0.1) is 23.7 Å². The van der Waals surface area contributed by atoms with Gasteiger partial charge in [0.25, 0.3) is 0 Å². The third-order valence-corrected chi connectivity index (χ3v) is 4.42. The van der Waals surface area contributed by atoms with Gasteiger partial charge in [0.2, 0.25) is 0 Å². The smallest absolute Gasteiger partial charge is 0.309 e. The summed E-state index contributed by atoms with van der Waals surface area (Å²) in [6.45, 7) is 2.08. The number of esters is 1. The topological polar surface area (TPSA) is 26.3 Å². The molecule has 1 aliphatic heterocycles. The van der Waals surface area contributed by atoms with Gasteiger partial charge in [-0.1, -0.05) is 19.1 Å². The minimum atomic E-state index is 0.0502. The molecule has 0 amide bonds. The first-order chi connectivity index (χ1) is 7.28. The molecule has 0 aromatic rings. The Labute approximate surface area is 90.7 Å². The van der Waals surface area contributed by atoms with E-state index in [2.05, 4.69) is 19.1 Å². The van der Waals surface area contributed by atoms with Gasteiger partial charge in [0.1, 0.15) is 6.10 Å². The van der Waals surface area contributed by atoms with Crippen LogP contribution in [0.1, 0.15) is 32.6 Å². The molecule has 2 heteroatoms. The molecule has 0 spiro atoms. The normalized spacial score (nSPS) is 47.5. The van der Waals surface area contributed by atoms with E-state index in [-0.39, 0.29) is 18.0 Å². The van der Waals surface area contributed by atoms with E-state index in [0.29, 0.717) is 11.8 Å². The van der Waals surface area contributed by atoms with Crippen LogP contribution >= 0.6 is 0 Å². The van der Waals surface area contributed by atoms with Crippen molar-refractivity contribution in [1.82, 2.24) is 0 Å². The van der Waals surface area contributed by atoms with Gasteiger partial charge in [0, 0.05) is 5.92 Å². The lowest BCUT2D eigenvalue weighted by molar-refractivity contribution is -0.146. The molecular formula is C13H18O2. The van der Waals surface area contributed by atoms with Crippen molar-refractivity contribution >= 4 is 5.97 Å². The number of ether oxygens (including phenoxy) is 1. The molecule has 3 aliphatic rings. The van der Waals surface area contributed by atoms with Crippen LogP contribution in [0.4, 0.5) is 0 Å². The molecule has 1 heterocycles. The second kappa shape index (κ2) is 3.36. The van der Waals surface area contributed by atoms with Gasteiger partial charge >= 0.3 is 5.97 Å². The van der Waals surface area contributed by atoms with E-state index >= 15 is 0 Å². The Hall–Kier alpha value is -0.790. The molecule has 0 radical (unpaired) electrons. The van der Waals surface area contributed by atoms with Crippen LogP contribution in [-0.4, -0.2) is 12.1 Å². The van der Waals surface area contributed by atoms with Crippen molar-refractivity contribution in [3.8, 4) is 0 Å². The third-order valence-electron chi connectivity index (χ3n) is 4.42. The Balaban J connectivity index is 1.70. The third kappa shape index (κ3) is 1.42. The van der Waals surface area contributed by atoms with Gasteiger partial charge in [0.15, 0.2) is 0 Å². The van der Waals surface area contributed by atoms with Crippen molar-refractivity contribution in [2.75, 3.05) is 0 Å². The maximum absolute atomic E-state index is 11.5. The lowest BCUT2D eigenvalue weighted by Gasteiger charge is -2.23. The van der Waals surface area contributed by atoms with Crippen LogP contribution < -0.4 is 0 Å². The summed E-state index contributed by atoms with van der Waals surface area (Å²) in [7, 11) is 0. The van der Waals surface area contributed by atoms with Crippen molar-refractivity contribution < 1.29 is 9.53 Å². The molecule has 2 nitrogen and oxygen atoms in total. The van der Waals surface area contributed by atoms with Crippen LogP contribution in [0.5, 0.6) is 0 Å². The fraction of sp³-hybridized carbons (Fsp3) is 0.769. The van der Waals surface area contributed by atoms with Gasteiger partial charge in [-0.2, -0.15) is 0 Å². The fourth-order valence-electron chi connectivity index (χ4n) is 3.52. The summed E-state index contributed by atoms with van der Waals surface area (Å²) in [6.07, 6.45) is 9.36. The van der Waals surface area contributed by atoms with E-state index in [0.717, 1.165) is 18.8 Å². The monoisotopic (exact) mass is 206 g/mol. The summed E-state index contributed by atoms with van der Waals surface area (Å²) in [5.41, 5.74) is 0. The first-order valence-corrected chi connectivity index (χ1v) is 6.16. The Morgan fingerprint density at radius 3 is 2.73 bits per heavy atom. The number of hydrogen-bond acceptors (Lipinski definition) is 2. The number of allylic oxidation sites excluding steroid dienone is 2. The van der Waals surface area contributed by atoms with Crippen LogP contribution in [0.3, 0.4) is 0 Å². The summed E-state index contributed by atoms with van der Waals surface area (Å²) >= 11 is 0. The molecule has 82 valence electrons. The fourth-order valence-corrected chi connectivity index (χ4v) is 3.52. The molecule has 2 bridgehead atoms. The molecule has 5 unspecified atom stereocenters. The van der Waals surface area contributed by atoms with Gasteiger partial charge in [-0.15, -0.1) is 0 Å². The maximum atomic E-state index is 11.5. The van der Waals surface area contributed by atoms with Crippen molar-refractivity contribution in [2.45, 2.75) is 38.7 Å². The number of hydrogen-bond donors (Lipinski definition) is 0. The number of carbonyl (C=O) groups excluding carboxylic acids is 1. The van der Waals surface area contributed by atoms with E-state index in [4.69, 9.17) is 4.74 Å². The van der Waals surface area contributed by atoms with Gasteiger partial charge in [-0.05, 0) is 37.5 Å². The van der Waals surface area contributed by atoms with E-state index < -0.39 is 0 Å².